The number of rotatable bonds is 8. The SMILES string of the molecule is C=CCOc1c2cc(C3(c4cc5c(OCC=C)c(c4)COCCOCCOCCOCCOC5)OC(=O)c4ccc(C(F)(F)F)cc43)cc1COCCOCCOCCOCCOC2.CO.CO. The van der Waals surface area contributed by atoms with Crippen LogP contribution in [0.3, 0.4) is 0 Å². The molecule has 4 bridgehead atoms. The molecule has 0 saturated heterocycles. The van der Waals surface area contributed by atoms with Gasteiger partial charge in [-0.05, 0) is 42.5 Å². The van der Waals surface area contributed by atoms with Crippen molar-refractivity contribution in [3.63, 3.8) is 0 Å². The highest BCUT2D eigenvalue weighted by Gasteiger charge is 2.51. The van der Waals surface area contributed by atoms with Crippen molar-refractivity contribution >= 4 is 5.97 Å². The molecule has 0 saturated carbocycles. The normalized spacial score (nSPS) is 18.4. The van der Waals surface area contributed by atoms with Gasteiger partial charge in [0.15, 0.2) is 5.60 Å². The number of halogens is 3. The summed E-state index contributed by atoms with van der Waals surface area (Å²) in [6.07, 6.45) is -1.59. The van der Waals surface area contributed by atoms with E-state index in [0.29, 0.717) is 97.7 Å². The van der Waals surface area contributed by atoms with Gasteiger partial charge in [0, 0.05) is 53.2 Å². The maximum atomic E-state index is 14.7. The minimum Gasteiger partial charge on any atom is -0.489 e. The minimum absolute atomic E-state index is 0.0153. The van der Waals surface area contributed by atoms with Gasteiger partial charge in [-0.1, -0.05) is 25.3 Å². The van der Waals surface area contributed by atoms with Crippen molar-refractivity contribution in [1.82, 2.24) is 0 Å². The van der Waals surface area contributed by atoms with Gasteiger partial charge < -0.3 is 71.8 Å². The van der Waals surface area contributed by atoms with E-state index in [1.807, 2.05) is 0 Å². The van der Waals surface area contributed by atoms with Gasteiger partial charge >= 0.3 is 12.1 Å². The zero-order chi connectivity index (χ0) is 49.0. The Kier molecular flexibility index (Phi) is 25.5. The van der Waals surface area contributed by atoms with Gasteiger partial charge in [-0.15, -0.1) is 0 Å². The van der Waals surface area contributed by atoms with Gasteiger partial charge in [-0.25, -0.2) is 4.79 Å². The predicted octanol–water partition coefficient (Wildman–Crippen LogP) is 5.71. The summed E-state index contributed by atoms with van der Waals surface area (Å²) in [6.45, 7) is 12.5. The second kappa shape index (κ2) is 30.9. The number of esters is 1. The molecule has 3 heterocycles. The molecule has 68 heavy (non-hydrogen) atoms. The van der Waals surface area contributed by atoms with Crippen LogP contribution in [0, 0.1) is 0 Å². The van der Waals surface area contributed by atoms with Gasteiger partial charge in [0.1, 0.15) is 24.7 Å². The van der Waals surface area contributed by atoms with E-state index in [4.69, 9.17) is 71.8 Å². The summed E-state index contributed by atoms with van der Waals surface area (Å²) in [5, 5.41) is 14.0. The summed E-state index contributed by atoms with van der Waals surface area (Å²) >= 11 is 0. The number of fused-ring (bicyclic) bond motifs is 5. The average Bonchev–Trinajstić information content (AvgIpc) is 3.65. The molecule has 3 aromatic carbocycles. The second-order valence-corrected chi connectivity index (χ2v) is 14.7. The van der Waals surface area contributed by atoms with Crippen LogP contribution in [-0.2, 0) is 90.3 Å². The van der Waals surface area contributed by atoms with Crippen LogP contribution < -0.4 is 9.47 Å². The van der Waals surface area contributed by atoms with E-state index in [-0.39, 0.29) is 104 Å². The highest BCUT2D eigenvalue weighted by atomic mass is 19.4. The number of aliphatic hydroxyl groups is 2. The summed E-state index contributed by atoms with van der Waals surface area (Å²) in [5.74, 6) is -0.000150. The zero-order valence-corrected chi connectivity index (χ0v) is 38.9. The summed E-state index contributed by atoms with van der Waals surface area (Å²) in [7, 11) is 2.00. The van der Waals surface area contributed by atoms with Crippen LogP contribution >= 0.6 is 0 Å². The number of alkyl halides is 3. The van der Waals surface area contributed by atoms with E-state index in [0.717, 1.165) is 32.4 Å². The van der Waals surface area contributed by atoms with Crippen LogP contribution in [0.1, 0.15) is 54.9 Å². The van der Waals surface area contributed by atoms with Crippen molar-refractivity contribution in [2.75, 3.05) is 133 Å². The number of cyclic esters (lactones) is 1. The molecule has 16 nitrogen and oxygen atoms in total. The van der Waals surface area contributed by atoms with E-state index in [1.54, 1.807) is 36.4 Å². The molecular formula is C49H65F3O16. The maximum absolute atomic E-state index is 14.7. The smallest absolute Gasteiger partial charge is 0.416 e. The molecule has 0 aromatic heterocycles. The fourth-order valence-electron chi connectivity index (χ4n) is 7.32. The molecule has 6 rings (SSSR count). The first kappa shape index (κ1) is 56.1. The number of aliphatic hydroxyl groups excluding tert-OH is 2. The lowest BCUT2D eigenvalue weighted by Gasteiger charge is -2.33. The molecule has 0 aliphatic carbocycles. The van der Waals surface area contributed by atoms with Crippen molar-refractivity contribution in [2.45, 2.75) is 38.2 Å². The summed E-state index contributed by atoms with van der Waals surface area (Å²) < 4.78 is 121. The van der Waals surface area contributed by atoms with Gasteiger partial charge in [0.2, 0.25) is 0 Å². The number of hydrogen-bond acceptors (Lipinski definition) is 16. The van der Waals surface area contributed by atoms with Crippen molar-refractivity contribution < 1.29 is 89.8 Å². The molecule has 378 valence electrons. The highest BCUT2D eigenvalue weighted by molar-refractivity contribution is 5.96. The van der Waals surface area contributed by atoms with Crippen LogP contribution in [0.2, 0.25) is 0 Å². The van der Waals surface area contributed by atoms with Crippen LogP contribution in [0.5, 0.6) is 11.5 Å². The predicted molar refractivity (Wildman–Crippen MR) is 241 cm³/mol. The van der Waals surface area contributed by atoms with Gasteiger partial charge in [0.05, 0.1) is 143 Å². The fraction of sp³-hybridized carbons (Fsp3) is 0.531. The molecular weight excluding hydrogens is 902 g/mol. The first-order valence-electron chi connectivity index (χ1n) is 22.2. The first-order chi connectivity index (χ1) is 33.3. The van der Waals surface area contributed by atoms with Gasteiger partial charge in [0.25, 0.3) is 0 Å². The van der Waals surface area contributed by atoms with E-state index in [1.165, 1.54) is 0 Å². The monoisotopic (exact) mass is 966 g/mol. The Balaban J connectivity index is 0.00000245. The van der Waals surface area contributed by atoms with E-state index >= 15 is 0 Å². The second-order valence-electron chi connectivity index (χ2n) is 14.7. The van der Waals surface area contributed by atoms with Gasteiger partial charge in [-0.3, -0.25) is 0 Å². The Morgan fingerprint density at radius 3 is 1.13 bits per heavy atom. The van der Waals surface area contributed by atoms with Crippen LogP contribution in [0.25, 0.3) is 0 Å². The number of carbonyl (C=O) groups excluding carboxylic acids is 1. The number of ether oxygens (including phenoxy) is 13. The quantitative estimate of drug-likeness (QED) is 0.207. The molecule has 3 aliphatic heterocycles. The molecule has 0 atom stereocenters. The van der Waals surface area contributed by atoms with Crippen molar-refractivity contribution in [2.24, 2.45) is 0 Å². The Labute approximate surface area is 395 Å². The Bertz CT molecular complexity index is 1800. The molecule has 0 radical (unpaired) electrons. The third-order valence-corrected chi connectivity index (χ3v) is 10.2. The van der Waals surface area contributed by atoms with E-state index < -0.39 is 23.3 Å². The highest BCUT2D eigenvalue weighted by Crippen LogP contribution is 2.51. The fourth-order valence-corrected chi connectivity index (χ4v) is 7.32. The van der Waals surface area contributed by atoms with Gasteiger partial charge in [-0.2, -0.15) is 13.2 Å². The molecule has 0 amide bonds. The molecule has 3 aromatic rings. The van der Waals surface area contributed by atoms with E-state index in [9.17, 15) is 18.0 Å². The number of carbonyl (C=O) groups is 1. The standard InChI is InChI=1S/C47H57F3O14.2CH4O/c1-3-7-62-43-34-25-39(26-35(43)31-59-22-18-55-14-10-52-9-13-54-17-21-58-30-34)46(42-29-38(47(48,49)50)5-6-41(42)45(51)64-46)40-27-36-32-60-23-19-56-15-11-53-12-16-57-20-24-61-33-37(28-40)44(36)63-8-4-2;2*1-2/h3-6,25-29H,1-2,7-24,30-33H2;2*2H,1H3. The summed E-state index contributed by atoms with van der Waals surface area (Å²) in [5.41, 5.74) is -0.396. The lowest BCUT2D eigenvalue weighted by molar-refractivity contribution is -0.137. The number of benzene rings is 3. The zero-order valence-electron chi connectivity index (χ0n) is 38.9. The minimum atomic E-state index is -4.76. The molecule has 19 heteroatoms. The Hall–Kier alpha value is -4.48. The van der Waals surface area contributed by atoms with Crippen LogP contribution in [0.4, 0.5) is 13.2 Å². The first-order valence-corrected chi connectivity index (χ1v) is 22.2. The van der Waals surface area contributed by atoms with Crippen molar-refractivity contribution in [1.29, 1.82) is 0 Å². The van der Waals surface area contributed by atoms with Crippen molar-refractivity contribution in [3.8, 4) is 11.5 Å². The molecule has 2 N–H and O–H groups in total. The van der Waals surface area contributed by atoms with E-state index in [2.05, 4.69) is 13.2 Å². The third-order valence-electron chi connectivity index (χ3n) is 10.2. The lowest BCUT2D eigenvalue weighted by atomic mass is 9.77. The molecule has 3 aliphatic rings. The Morgan fingerprint density at radius 2 is 0.838 bits per heavy atom. The molecule has 0 spiro atoms. The van der Waals surface area contributed by atoms with Crippen LogP contribution in [-0.4, -0.2) is 149 Å². The average molecular weight is 967 g/mol. The third kappa shape index (κ3) is 16.3. The molecule has 0 fully saturated rings. The summed E-state index contributed by atoms with van der Waals surface area (Å²) in [6, 6.07) is 9.86. The summed E-state index contributed by atoms with van der Waals surface area (Å²) in [4.78, 5) is 14.1. The topological polar surface area (TPSA) is 178 Å². The van der Waals surface area contributed by atoms with Crippen molar-refractivity contribution in [3.05, 3.63) is 118 Å². The lowest BCUT2D eigenvalue weighted by Crippen LogP contribution is -2.31. The maximum Gasteiger partial charge on any atom is 0.416 e. The Morgan fingerprint density at radius 1 is 0.529 bits per heavy atom. The largest absolute Gasteiger partial charge is 0.489 e. The number of hydrogen-bond donors (Lipinski definition) is 2. The van der Waals surface area contributed by atoms with Crippen LogP contribution in [0.15, 0.2) is 67.8 Å². The molecule has 0 unspecified atom stereocenters.